The number of carbonyl (C=O) groups excluding carboxylic acids is 1. The van der Waals surface area contributed by atoms with Gasteiger partial charge in [0.25, 0.3) is 15.9 Å². The molecule has 0 unspecified atom stereocenters. The maximum atomic E-state index is 13.6. The molecule has 7 nitrogen and oxygen atoms in total. The van der Waals surface area contributed by atoms with E-state index in [1.54, 1.807) is 36.4 Å². The molecule has 2 N–H and O–H groups in total. The molecule has 0 saturated heterocycles. The molecule has 0 aliphatic rings. The van der Waals surface area contributed by atoms with Gasteiger partial charge in [-0.25, -0.2) is 13.8 Å². The second-order valence-electron chi connectivity index (χ2n) is 8.32. The van der Waals surface area contributed by atoms with E-state index in [4.69, 9.17) is 0 Å². The predicted octanol–water partition coefficient (Wildman–Crippen LogP) is 4.76. The minimum absolute atomic E-state index is 0.0205. The molecule has 184 valence electrons. The van der Waals surface area contributed by atoms with Crippen LogP contribution >= 0.6 is 0 Å². The molecule has 4 rings (SSSR count). The van der Waals surface area contributed by atoms with Crippen molar-refractivity contribution in [2.45, 2.75) is 25.2 Å². The van der Waals surface area contributed by atoms with E-state index < -0.39 is 22.5 Å². The van der Waals surface area contributed by atoms with Gasteiger partial charge in [0.1, 0.15) is 12.3 Å². The number of carbonyl (C=O) groups is 1. The predicted molar refractivity (Wildman–Crippen MR) is 143 cm³/mol. The standard InChI is InChI=1S/C28H27N3O4S/c1-3-21-8-5-7-11-26(21)31(36(34,35)23-15-12-20(2)13-16-23)19-28(33)30-29-18-25-24-10-6-4-9-22(24)14-17-27(25)32/h4-18,32H,3,19H2,1-2H3,(H,30,33)/b29-18-. The van der Waals surface area contributed by atoms with Gasteiger partial charge in [0, 0.05) is 5.56 Å². The van der Waals surface area contributed by atoms with Crippen LogP contribution in [0.3, 0.4) is 0 Å². The number of hydrogen-bond donors (Lipinski definition) is 2. The number of nitrogens with zero attached hydrogens (tertiary/aromatic N) is 2. The molecular formula is C28H27N3O4S. The van der Waals surface area contributed by atoms with Crippen molar-refractivity contribution < 1.29 is 18.3 Å². The number of sulfonamides is 1. The normalized spacial score (nSPS) is 11.6. The molecule has 0 spiro atoms. The highest BCUT2D eigenvalue weighted by Gasteiger charge is 2.28. The first-order chi connectivity index (χ1) is 17.3. The lowest BCUT2D eigenvalue weighted by Gasteiger charge is -2.25. The second-order valence-corrected chi connectivity index (χ2v) is 10.2. The van der Waals surface area contributed by atoms with Crippen LogP contribution in [-0.4, -0.2) is 32.2 Å². The Balaban J connectivity index is 1.63. The maximum Gasteiger partial charge on any atom is 0.264 e. The van der Waals surface area contributed by atoms with Gasteiger partial charge in [0.05, 0.1) is 16.8 Å². The third-order valence-electron chi connectivity index (χ3n) is 5.87. The van der Waals surface area contributed by atoms with E-state index in [1.807, 2.05) is 50.2 Å². The van der Waals surface area contributed by atoms with E-state index in [0.717, 1.165) is 26.2 Å². The fourth-order valence-corrected chi connectivity index (χ4v) is 5.40. The Labute approximate surface area is 210 Å². The van der Waals surface area contributed by atoms with Crippen LogP contribution in [-0.2, 0) is 21.2 Å². The number of anilines is 1. The molecule has 8 heteroatoms. The minimum Gasteiger partial charge on any atom is -0.507 e. The molecule has 0 atom stereocenters. The van der Waals surface area contributed by atoms with E-state index in [9.17, 15) is 18.3 Å². The number of rotatable bonds is 8. The Morgan fingerprint density at radius 1 is 0.972 bits per heavy atom. The van der Waals surface area contributed by atoms with Crippen LogP contribution in [0.15, 0.2) is 94.9 Å². The summed E-state index contributed by atoms with van der Waals surface area (Å²) in [6, 6.07) is 24.4. The van der Waals surface area contributed by atoms with Crippen LogP contribution in [0.25, 0.3) is 10.8 Å². The average molecular weight is 502 g/mol. The second kappa shape index (κ2) is 10.6. The lowest BCUT2D eigenvalue weighted by molar-refractivity contribution is -0.119. The lowest BCUT2D eigenvalue weighted by atomic mass is 10.0. The Morgan fingerprint density at radius 2 is 1.67 bits per heavy atom. The van der Waals surface area contributed by atoms with Gasteiger partial charge in [-0.2, -0.15) is 5.10 Å². The van der Waals surface area contributed by atoms with E-state index in [1.165, 1.54) is 18.3 Å². The van der Waals surface area contributed by atoms with Gasteiger partial charge in [0.2, 0.25) is 0 Å². The number of benzene rings is 4. The van der Waals surface area contributed by atoms with E-state index >= 15 is 0 Å². The van der Waals surface area contributed by atoms with E-state index in [-0.39, 0.29) is 10.6 Å². The first-order valence-electron chi connectivity index (χ1n) is 11.5. The molecule has 0 radical (unpaired) electrons. The molecule has 0 heterocycles. The SMILES string of the molecule is CCc1ccccc1N(CC(=O)N/N=C\c1c(O)ccc2ccccc12)S(=O)(=O)c1ccc(C)cc1. The zero-order chi connectivity index (χ0) is 25.7. The quantitative estimate of drug-likeness (QED) is 0.269. The van der Waals surface area contributed by atoms with Crippen molar-refractivity contribution in [2.75, 3.05) is 10.8 Å². The lowest BCUT2D eigenvalue weighted by Crippen LogP contribution is -2.40. The van der Waals surface area contributed by atoms with Crippen LogP contribution in [0, 0.1) is 6.92 Å². The topological polar surface area (TPSA) is 99.1 Å². The number of hydrogen-bond acceptors (Lipinski definition) is 5. The number of phenolic OH excluding ortho intramolecular Hbond substituents is 1. The summed E-state index contributed by atoms with van der Waals surface area (Å²) >= 11 is 0. The summed E-state index contributed by atoms with van der Waals surface area (Å²) in [6.07, 6.45) is 1.95. The van der Waals surface area contributed by atoms with Gasteiger partial charge in [-0.15, -0.1) is 0 Å². The highest BCUT2D eigenvalue weighted by Crippen LogP contribution is 2.28. The molecule has 0 aromatic heterocycles. The fraction of sp³-hybridized carbons (Fsp3) is 0.143. The Hall–Kier alpha value is -4.17. The van der Waals surface area contributed by atoms with Crippen LogP contribution in [0.2, 0.25) is 0 Å². The summed E-state index contributed by atoms with van der Waals surface area (Å²) in [5, 5.41) is 16.0. The van der Waals surface area contributed by atoms with Crippen molar-refractivity contribution in [1.29, 1.82) is 0 Å². The molecule has 0 aliphatic carbocycles. The summed E-state index contributed by atoms with van der Waals surface area (Å²) in [6.45, 7) is 3.34. The number of aromatic hydroxyl groups is 1. The van der Waals surface area contributed by atoms with Crippen LogP contribution in [0.1, 0.15) is 23.6 Å². The van der Waals surface area contributed by atoms with E-state index in [2.05, 4.69) is 10.5 Å². The first-order valence-corrected chi connectivity index (χ1v) is 12.9. The first kappa shape index (κ1) is 24.9. The summed E-state index contributed by atoms with van der Waals surface area (Å²) in [4.78, 5) is 13.0. The molecule has 4 aromatic carbocycles. The van der Waals surface area contributed by atoms with E-state index in [0.29, 0.717) is 17.7 Å². The highest BCUT2D eigenvalue weighted by atomic mass is 32.2. The zero-order valence-electron chi connectivity index (χ0n) is 20.0. The molecule has 1 amide bonds. The van der Waals surface area contributed by atoms with Gasteiger partial charge in [-0.3, -0.25) is 9.10 Å². The largest absolute Gasteiger partial charge is 0.507 e. The number of nitrogens with one attached hydrogen (secondary N) is 1. The van der Waals surface area contributed by atoms with Gasteiger partial charge in [-0.05, 0) is 53.9 Å². The minimum atomic E-state index is -4.03. The smallest absolute Gasteiger partial charge is 0.264 e. The van der Waals surface area contributed by atoms with Crippen LogP contribution in [0.4, 0.5) is 5.69 Å². The van der Waals surface area contributed by atoms with Crippen molar-refractivity contribution in [2.24, 2.45) is 5.10 Å². The van der Waals surface area contributed by atoms with Crippen molar-refractivity contribution in [3.05, 3.63) is 102 Å². The Bertz CT molecular complexity index is 1530. The van der Waals surface area contributed by atoms with Crippen molar-refractivity contribution in [3.63, 3.8) is 0 Å². The number of fused-ring (bicyclic) bond motifs is 1. The Kier molecular flexibility index (Phi) is 7.36. The third-order valence-corrected chi connectivity index (χ3v) is 7.64. The van der Waals surface area contributed by atoms with Crippen molar-refractivity contribution >= 4 is 38.6 Å². The summed E-state index contributed by atoms with van der Waals surface area (Å²) in [5.41, 5.74) is 5.02. The number of amides is 1. The van der Waals surface area contributed by atoms with Gasteiger partial charge < -0.3 is 5.11 Å². The monoisotopic (exact) mass is 501 g/mol. The molecule has 36 heavy (non-hydrogen) atoms. The number of para-hydroxylation sites is 1. The summed E-state index contributed by atoms with van der Waals surface area (Å²) < 4.78 is 28.3. The number of aryl methyl sites for hydroxylation is 2. The van der Waals surface area contributed by atoms with Crippen molar-refractivity contribution in [1.82, 2.24) is 5.43 Å². The highest BCUT2D eigenvalue weighted by molar-refractivity contribution is 7.92. The number of hydrazone groups is 1. The zero-order valence-corrected chi connectivity index (χ0v) is 20.9. The van der Waals surface area contributed by atoms with Gasteiger partial charge >= 0.3 is 0 Å². The molecule has 0 bridgehead atoms. The molecule has 0 fully saturated rings. The molecule has 0 aliphatic heterocycles. The molecular weight excluding hydrogens is 474 g/mol. The fourth-order valence-electron chi connectivity index (χ4n) is 3.94. The number of phenols is 1. The van der Waals surface area contributed by atoms with Crippen LogP contribution in [0.5, 0.6) is 5.75 Å². The molecule has 0 saturated carbocycles. The maximum absolute atomic E-state index is 13.6. The van der Waals surface area contributed by atoms with Gasteiger partial charge in [-0.1, -0.05) is 73.2 Å². The summed E-state index contributed by atoms with van der Waals surface area (Å²) in [7, 11) is -4.03. The van der Waals surface area contributed by atoms with Crippen LogP contribution < -0.4 is 9.73 Å². The summed E-state index contributed by atoms with van der Waals surface area (Å²) in [5.74, 6) is -0.597. The van der Waals surface area contributed by atoms with Gasteiger partial charge in [0.15, 0.2) is 0 Å². The Morgan fingerprint density at radius 3 is 2.42 bits per heavy atom. The third kappa shape index (κ3) is 5.23. The molecule has 4 aromatic rings. The van der Waals surface area contributed by atoms with Crippen molar-refractivity contribution in [3.8, 4) is 5.75 Å². The average Bonchev–Trinajstić information content (AvgIpc) is 2.88.